The quantitative estimate of drug-likeness (QED) is 0.191. The average Bonchev–Trinajstić information content (AvgIpc) is 2.86. The maximum absolute atomic E-state index is 14.3. The van der Waals surface area contributed by atoms with E-state index in [2.05, 4.69) is 17.6 Å². The summed E-state index contributed by atoms with van der Waals surface area (Å²) in [6.07, 6.45) is 4.17. The summed E-state index contributed by atoms with van der Waals surface area (Å²) in [5.41, 5.74) is 1.80. The summed E-state index contributed by atoms with van der Waals surface area (Å²) in [6.45, 7) is 17.4. The highest BCUT2D eigenvalue weighted by Gasteiger charge is 2.38. The zero-order chi connectivity index (χ0) is 31.2. The number of hydrogen-bond donors (Lipinski definition) is 2. The highest BCUT2D eigenvalue weighted by molar-refractivity contribution is 5.92. The van der Waals surface area contributed by atoms with E-state index in [-0.39, 0.29) is 37.3 Å². The normalized spacial score (nSPS) is 12.8. The average molecular weight is 576 g/mol. The van der Waals surface area contributed by atoms with Crippen LogP contribution < -0.4 is 10.6 Å². The molecule has 0 heterocycles. The molecule has 3 amide bonds. The maximum Gasteiger partial charge on any atom is 0.408 e. The Balaban J connectivity index is 3.49. The van der Waals surface area contributed by atoms with Crippen molar-refractivity contribution in [1.82, 2.24) is 15.5 Å². The van der Waals surface area contributed by atoms with E-state index in [9.17, 15) is 19.2 Å². The molecule has 232 valence electrons. The van der Waals surface area contributed by atoms with Crippen molar-refractivity contribution in [3.8, 4) is 0 Å². The fraction of sp³-hybridized carbons (Fsp3) is 0.688. The van der Waals surface area contributed by atoms with Gasteiger partial charge >= 0.3 is 12.1 Å². The number of esters is 1. The molecule has 2 unspecified atom stereocenters. The van der Waals surface area contributed by atoms with E-state index in [1.807, 2.05) is 45.9 Å². The van der Waals surface area contributed by atoms with Crippen molar-refractivity contribution in [3.05, 3.63) is 34.9 Å². The van der Waals surface area contributed by atoms with Crippen LogP contribution in [0, 0.1) is 19.8 Å². The lowest BCUT2D eigenvalue weighted by atomic mass is 9.94. The Labute approximate surface area is 247 Å². The molecule has 0 radical (unpaired) electrons. The van der Waals surface area contributed by atoms with Crippen molar-refractivity contribution >= 4 is 23.9 Å². The Morgan fingerprint density at radius 3 is 2.22 bits per heavy atom. The predicted octanol–water partition coefficient (Wildman–Crippen LogP) is 5.76. The van der Waals surface area contributed by atoms with Gasteiger partial charge in [-0.05, 0) is 65.0 Å². The Morgan fingerprint density at radius 1 is 0.976 bits per heavy atom. The molecule has 1 aromatic carbocycles. The van der Waals surface area contributed by atoms with Crippen LogP contribution in [0.25, 0.3) is 0 Å². The highest BCUT2D eigenvalue weighted by Crippen LogP contribution is 2.28. The van der Waals surface area contributed by atoms with Gasteiger partial charge in [-0.2, -0.15) is 0 Å². The van der Waals surface area contributed by atoms with Crippen molar-refractivity contribution in [1.29, 1.82) is 0 Å². The molecule has 0 spiro atoms. The molecule has 41 heavy (non-hydrogen) atoms. The van der Waals surface area contributed by atoms with Gasteiger partial charge in [-0.3, -0.25) is 14.4 Å². The lowest BCUT2D eigenvalue weighted by molar-refractivity contribution is -0.145. The number of nitrogens with one attached hydrogen (secondary N) is 2. The number of carbonyl (C=O) groups is 4. The summed E-state index contributed by atoms with van der Waals surface area (Å²) >= 11 is 0. The summed E-state index contributed by atoms with van der Waals surface area (Å²) < 4.78 is 10.4. The smallest absolute Gasteiger partial charge is 0.408 e. The van der Waals surface area contributed by atoms with Crippen molar-refractivity contribution < 1.29 is 28.7 Å². The van der Waals surface area contributed by atoms with Gasteiger partial charge in [0.15, 0.2) is 0 Å². The predicted molar refractivity (Wildman–Crippen MR) is 161 cm³/mol. The number of amides is 3. The molecule has 0 aliphatic heterocycles. The van der Waals surface area contributed by atoms with Crippen molar-refractivity contribution in [2.75, 3.05) is 19.7 Å². The van der Waals surface area contributed by atoms with E-state index in [0.717, 1.165) is 36.8 Å². The number of unbranched alkanes of at least 4 members (excludes halogenated alkanes) is 4. The first-order chi connectivity index (χ1) is 19.2. The number of hydrogen-bond acceptors (Lipinski definition) is 6. The fourth-order valence-corrected chi connectivity index (χ4v) is 4.50. The first-order valence-electron chi connectivity index (χ1n) is 15.0. The van der Waals surface area contributed by atoms with Gasteiger partial charge in [0.1, 0.15) is 17.7 Å². The Kier molecular flexibility index (Phi) is 15.5. The minimum Gasteiger partial charge on any atom is -0.466 e. The molecule has 9 nitrogen and oxygen atoms in total. The van der Waals surface area contributed by atoms with E-state index in [1.165, 1.54) is 0 Å². The van der Waals surface area contributed by atoms with Crippen LogP contribution in [0.3, 0.4) is 0 Å². The maximum atomic E-state index is 14.3. The first kappa shape index (κ1) is 35.9. The molecular weight excluding hydrogens is 522 g/mol. The topological polar surface area (TPSA) is 114 Å². The minimum atomic E-state index is -0.947. The molecular formula is C32H53N3O6. The number of carbonyl (C=O) groups excluding carboxylic acids is 4. The summed E-state index contributed by atoms with van der Waals surface area (Å²) in [7, 11) is 0. The Hall–Kier alpha value is -3.10. The second kappa shape index (κ2) is 17.7. The zero-order valence-electron chi connectivity index (χ0n) is 26.7. The fourth-order valence-electron chi connectivity index (χ4n) is 4.50. The molecule has 9 heteroatoms. The number of benzene rings is 1. The molecule has 0 aromatic heterocycles. The van der Waals surface area contributed by atoms with Crippen LogP contribution in [-0.2, 0) is 23.9 Å². The van der Waals surface area contributed by atoms with Gasteiger partial charge in [0.25, 0.3) is 0 Å². The largest absolute Gasteiger partial charge is 0.466 e. The second-order valence-electron chi connectivity index (χ2n) is 11.9. The number of rotatable bonds is 16. The van der Waals surface area contributed by atoms with Crippen LogP contribution in [0.1, 0.15) is 110 Å². The summed E-state index contributed by atoms with van der Waals surface area (Å²) in [6, 6.07) is 3.98. The third kappa shape index (κ3) is 13.0. The van der Waals surface area contributed by atoms with Crippen LogP contribution in [-0.4, -0.2) is 60.1 Å². The molecule has 0 fully saturated rings. The van der Waals surface area contributed by atoms with Crippen molar-refractivity contribution in [3.63, 3.8) is 0 Å². The standard InChI is InChI=1S/C32H53N3O6/c1-10-12-13-14-15-20-35(30(38)27(22(3)4)34-31(39)41-32(7,8)9)28(25-21-23(5)16-17-24(25)6)29(37)33-19-18-26(36)40-11-2/h16-17,21-22,27-28H,10-15,18-20H2,1-9H3,(H,33,37)(H,34,39). The third-order valence-electron chi connectivity index (χ3n) is 6.61. The van der Waals surface area contributed by atoms with E-state index in [0.29, 0.717) is 18.5 Å². The second-order valence-corrected chi connectivity index (χ2v) is 11.9. The first-order valence-corrected chi connectivity index (χ1v) is 15.0. The molecule has 0 aliphatic carbocycles. The number of ether oxygens (including phenoxy) is 2. The molecule has 0 aliphatic rings. The van der Waals surface area contributed by atoms with Crippen LogP contribution in [0.15, 0.2) is 18.2 Å². The summed E-state index contributed by atoms with van der Waals surface area (Å²) in [5, 5.41) is 5.62. The number of aryl methyl sites for hydroxylation is 2. The highest BCUT2D eigenvalue weighted by atomic mass is 16.6. The molecule has 0 bridgehead atoms. The van der Waals surface area contributed by atoms with Crippen LogP contribution in [0.4, 0.5) is 4.79 Å². The molecule has 2 N–H and O–H groups in total. The minimum absolute atomic E-state index is 0.0267. The molecule has 0 saturated heterocycles. The lowest BCUT2D eigenvalue weighted by Gasteiger charge is -2.36. The van der Waals surface area contributed by atoms with Gasteiger partial charge < -0.3 is 25.0 Å². The Morgan fingerprint density at radius 2 is 1.63 bits per heavy atom. The Bertz CT molecular complexity index is 1000. The van der Waals surface area contributed by atoms with Crippen LogP contribution >= 0.6 is 0 Å². The molecule has 1 rings (SSSR count). The van der Waals surface area contributed by atoms with E-state index in [1.54, 1.807) is 32.6 Å². The monoisotopic (exact) mass is 575 g/mol. The zero-order valence-corrected chi connectivity index (χ0v) is 26.7. The van der Waals surface area contributed by atoms with Gasteiger partial charge in [-0.25, -0.2) is 4.79 Å². The van der Waals surface area contributed by atoms with Gasteiger partial charge in [-0.15, -0.1) is 0 Å². The molecule has 0 saturated carbocycles. The molecule has 2 atom stereocenters. The number of alkyl carbamates (subject to hydrolysis) is 1. The molecule has 1 aromatic rings. The number of nitrogens with zero attached hydrogens (tertiary/aromatic N) is 1. The van der Waals surface area contributed by atoms with Gasteiger partial charge in [0, 0.05) is 13.1 Å². The van der Waals surface area contributed by atoms with Crippen LogP contribution in [0.2, 0.25) is 0 Å². The van der Waals surface area contributed by atoms with Gasteiger partial charge in [0.05, 0.1) is 13.0 Å². The van der Waals surface area contributed by atoms with Crippen molar-refractivity contribution in [2.45, 2.75) is 119 Å². The third-order valence-corrected chi connectivity index (χ3v) is 6.61. The van der Waals surface area contributed by atoms with Crippen LogP contribution in [0.5, 0.6) is 0 Å². The van der Waals surface area contributed by atoms with Gasteiger partial charge in [0.2, 0.25) is 11.8 Å². The van der Waals surface area contributed by atoms with E-state index >= 15 is 0 Å². The lowest BCUT2D eigenvalue weighted by Crippen LogP contribution is -2.55. The van der Waals surface area contributed by atoms with E-state index in [4.69, 9.17) is 9.47 Å². The SMILES string of the molecule is CCCCCCCN(C(=O)C(NC(=O)OC(C)(C)C)C(C)C)C(C(=O)NCCC(=O)OCC)c1cc(C)ccc1C. The summed E-state index contributed by atoms with van der Waals surface area (Å²) in [4.78, 5) is 54.4. The van der Waals surface area contributed by atoms with Crippen molar-refractivity contribution in [2.24, 2.45) is 5.92 Å². The van der Waals surface area contributed by atoms with E-state index < -0.39 is 29.7 Å². The summed E-state index contributed by atoms with van der Waals surface area (Å²) in [5.74, 6) is -1.40. The van der Waals surface area contributed by atoms with Gasteiger partial charge in [-0.1, -0.05) is 70.2 Å².